The molecular formula is C48H58N4O12. The molecule has 6 unspecified atom stereocenters. The molecule has 0 radical (unpaired) electrons. The Morgan fingerprint density at radius 2 is 1.69 bits per heavy atom. The highest BCUT2D eigenvalue weighted by Gasteiger charge is 2.65. The summed E-state index contributed by atoms with van der Waals surface area (Å²) < 4.78 is 26.4. The highest BCUT2D eigenvalue weighted by Crippen LogP contribution is 2.62. The largest absolute Gasteiger partial charge is 0.459 e. The van der Waals surface area contributed by atoms with Crippen molar-refractivity contribution in [2.75, 3.05) is 33.0 Å². The second kappa shape index (κ2) is 22.5. The standard InChI is InChI=1S/C48H58N4O12/c1-4-7-27-60-47(55)50(23-5-2)44-31-42(49-62-32-33-17-19-35(20-18-33)51(56)57)40-28-34(13-8-10-24-53)39(16-9-11-25-54)45-41-30-38(63-37-15-12-14-36(29-37)52(58)59)21-22-43(41)64-48(44,46(40)45)61-26-6-3/h4,6,12,14-15,17-22,28-30,34,39,44-46,53-54H,1,3,5,7-11,13,16,23-27,31-32H2,2H3. The molecule has 0 aromatic heterocycles. The third-order valence-corrected chi connectivity index (χ3v) is 12.1. The van der Waals surface area contributed by atoms with Crippen molar-refractivity contribution in [1.82, 2.24) is 4.90 Å². The predicted molar refractivity (Wildman–Crippen MR) is 239 cm³/mol. The van der Waals surface area contributed by atoms with Gasteiger partial charge in [0, 0.05) is 55.9 Å². The van der Waals surface area contributed by atoms with Gasteiger partial charge < -0.3 is 34.0 Å². The quantitative estimate of drug-likeness (QED) is 0.0373. The normalized spacial score (nSPS) is 22.5. The number of nitro groups is 2. The summed E-state index contributed by atoms with van der Waals surface area (Å²) in [5, 5.41) is 47.6. The van der Waals surface area contributed by atoms with Gasteiger partial charge >= 0.3 is 6.09 Å². The molecular weight excluding hydrogens is 825 g/mol. The Morgan fingerprint density at radius 1 is 0.953 bits per heavy atom. The number of amides is 1. The lowest BCUT2D eigenvalue weighted by Gasteiger charge is -2.59. The number of carbonyl (C=O) groups is 1. The molecule has 3 aromatic carbocycles. The molecule has 3 aromatic rings. The van der Waals surface area contributed by atoms with Crippen molar-refractivity contribution in [3.8, 4) is 17.2 Å². The van der Waals surface area contributed by atoms with E-state index in [1.54, 1.807) is 53.5 Å². The maximum absolute atomic E-state index is 14.3. The van der Waals surface area contributed by atoms with Crippen molar-refractivity contribution < 1.29 is 48.6 Å². The number of non-ortho nitro benzene ring substituents is 2. The van der Waals surface area contributed by atoms with Gasteiger partial charge in [-0.3, -0.25) is 25.1 Å². The number of ether oxygens (including phenoxy) is 4. The number of hydrogen-bond donors (Lipinski definition) is 2. The summed E-state index contributed by atoms with van der Waals surface area (Å²) in [7, 11) is 0. The molecule has 0 saturated heterocycles. The smallest absolute Gasteiger partial charge is 0.410 e. The van der Waals surface area contributed by atoms with Crippen molar-refractivity contribution in [3.05, 3.63) is 135 Å². The maximum Gasteiger partial charge on any atom is 0.410 e. The van der Waals surface area contributed by atoms with Crippen LogP contribution < -0.4 is 9.47 Å². The zero-order chi connectivity index (χ0) is 45.6. The van der Waals surface area contributed by atoms with Gasteiger partial charge in [-0.25, -0.2) is 4.79 Å². The molecule has 3 aliphatic rings. The van der Waals surface area contributed by atoms with Crippen molar-refractivity contribution in [2.24, 2.45) is 22.9 Å². The zero-order valence-corrected chi connectivity index (χ0v) is 36.3. The Balaban J connectivity index is 1.56. The van der Waals surface area contributed by atoms with Crippen LogP contribution in [-0.4, -0.2) is 81.6 Å². The van der Waals surface area contributed by atoms with Gasteiger partial charge in [0.25, 0.3) is 11.4 Å². The first kappa shape index (κ1) is 47.4. The molecule has 6 rings (SSSR count). The Labute approximate surface area is 373 Å². The van der Waals surface area contributed by atoms with Crippen LogP contribution in [0.25, 0.3) is 0 Å². The number of carbonyl (C=O) groups excluding carboxylic acids is 1. The minimum absolute atomic E-state index is 0.00923. The molecule has 2 N–H and O–H groups in total. The Morgan fingerprint density at radius 3 is 2.38 bits per heavy atom. The number of unbranched alkanes of at least 4 members (excludes halogenated alkanes) is 2. The Bertz CT molecular complexity index is 2180. The maximum atomic E-state index is 14.3. The van der Waals surface area contributed by atoms with Crippen molar-refractivity contribution in [3.63, 3.8) is 0 Å². The number of rotatable bonds is 24. The third kappa shape index (κ3) is 10.8. The highest BCUT2D eigenvalue weighted by atomic mass is 16.7. The van der Waals surface area contributed by atoms with E-state index in [-0.39, 0.29) is 74.3 Å². The van der Waals surface area contributed by atoms with Gasteiger partial charge in [-0.05, 0) is 97.9 Å². The summed E-state index contributed by atoms with van der Waals surface area (Å²) in [5.41, 5.74) is 2.68. The van der Waals surface area contributed by atoms with Gasteiger partial charge in [-0.1, -0.05) is 49.2 Å². The van der Waals surface area contributed by atoms with Crippen molar-refractivity contribution in [2.45, 2.75) is 89.1 Å². The lowest BCUT2D eigenvalue weighted by Crippen LogP contribution is -2.70. The molecule has 1 heterocycles. The molecule has 342 valence electrons. The van der Waals surface area contributed by atoms with Crippen LogP contribution in [0.3, 0.4) is 0 Å². The van der Waals surface area contributed by atoms with Crippen LogP contribution in [0, 0.1) is 38.0 Å². The van der Waals surface area contributed by atoms with E-state index in [0.717, 1.165) is 24.0 Å². The van der Waals surface area contributed by atoms with E-state index in [2.05, 4.69) is 19.2 Å². The highest BCUT2D eigenvalue weighted by molar-refractivity contribution is 6.03. The summed E-state index contributed by atoms with van der Waals surface area (Å²) in [6, 6.07) is 16.6. The van der Waals surface area contributed by atoms with E-state index in [4.69, 9.17) is 28.9 Å². The van der Waals surface area contributed by atoms with Crippen LogP contribution in [0.15, 0.2) is 109 Å². The molecule has 1 saturated carbocycles. The SMILES string of the molecule is C=CCCOC(=O)N(CCC)C1CC(=NOCc2ccc([N+](=O)[O-])cc2)C2=CC(CCCCO)C(CCCCO)C3c4cc(Oc5cccc([N+](=O)[O-])c5)ccc4OC1(OCC=C)C23. The number of benzene rings is 3. The lowest BCUT2D eigenvalue weighted by atomic mass is 9.55. The minimum Gasteiger partial charge on any atom is -0.459 e. The molecule has 2 aliphatic carbocycles. The van der Waals surface area contributed by atoms with E-state index in [9.17, 15) is 35.2 Å². The van der Waals surface area contributed by atoms with Gasteiger partial charge in [-0.15, -0.1) is 13.2 Å². The minimum atomic E-state index is -1.52. The van der Waals surface area contributed by atoms with Crippen LogP contribution in [0.5, 0.6) is 17.2 Å². The van der Waals surface area contributed by atoms with E-state index < -0.39 is 33.7 Å². The molecule has 6 atom stereocenters. The second-order valence-corrected chi connectivity index (χ2v) is 16.2. The number of allylic oxidation sites excluding steroid dienone is 1. The number of nitro benzene ring substituents is 2. The number of aliphatic hydroxyl groups is 2. The molecule has 1 fully saturated rings. The molecule has 0 spiro atoms. The molecule has 1 aliphatic heterocycles. The fourth-order valence-electron chi connectivity index (χ4n) is 9.33. The van der Waals surface area contributed by atoms with E-state index in [1.807, 2.05) is 13.0 Å². The van der Waals surface area contributed by atoms with Crippen LogP contribution in [0.2, 0.25) is 0 Å². The molecule has 0 bridgehead atoms. The molecule has 1 amide bonds. The van der Waals surface area contributed by atoms with E-state index in [0.29, 0.717) is 67.8 Å². The van der Waals surface area contributed by atoms with Gasteiger partial charge in [0.05, 0.1) is 40.8 Å². The average Bonchev–Trinajstić information content (AvgIpc) is 3.29. The van der Waals surface area contributed by atoms with Gasteiger partial charge in [0.2, 0.25) is 5.79 Å². The number of nitrogens with zero attached hydrogens (tertiary/aromatic N) is 4. The topological polar surface area (TPSA) is 206 Å². The third-order valence-electron chi connectivity index (χ3n) is 12.1. The molecule has 64 heavy (non-hydrogen) atoms. The molecule has 16 heteroatoms. The summed E-state index contributed by atoms with van der Waals surface area (Å²) in [6.45, 7) is 10.3. The fourth-order valence-corrected chi connectivity index (χ4v) is 9.33. The van der Waals surface area contributed by atoms with Crippen molar-refractivity contribution in [1.29, 1.82) is 0 Å². The number of hydrogen-bond acceptors (Lipinski definition) is 13. The Kier molecular flexibility index (Phi) is 16.7. The second-order valence-electron chi connectivity index (χ2n) is 16.2. The first-order valence-corrected chi connectivity index (χ1v) is 22.0. The average molecular weight is 883 g/mol. The van der Waals surface area contributed by atoms with Gasteiger partial charge in [0.1, 0.15) is 29.9 Å². The fraction of sp³-hybridized carbons (Fsp3) is 0.458. The summed E-state index contributed by atoms with van der Waals surface area (Å²) >= 11 is 0. The first-order chi connectivity index (χ1) is 31.1. The van der Waals surface area contributed by atoms with Crippen LogP contribution in [-0.2, 0) is 20.9 Å². The van der Waals surface area contributed by atoms with Gasteiger partial charge in [0.15, 0.2) is 0 Å². The van der Waals surface area contributed by atoms with Crippen LogP contribution in [0.4, 0.5) is 16.2 Å². The lowest BCUT2D eigenvalue weighted by molar-refractivity contribution is -0.385. The first-order valence-electron chi connectivity index (χ1n) is 22.0. The molecule has 16 nitrogen and oxygen atoms in total. The van der Waals surface area contributed by atoms with E-state index in [1.165, 1.54) is 24.3 Å². The van der Waals surface area contributed by atoms with Crippen LogP contribution in [0.1, 0.15) is 81.8 Å². The Hall–Kier alpha value is -6.10. The number of oxime groups is 1. The predicted octanol–water partition coefficient (Wildman–Crippen LogP) is 9.55. The van der Waals surface area contributed by atoms with E-state index >= 15 is 0 Å². The number of aliphatic hydroxyl groups excluding tert-OH is 2. The monoisotopic (exact) mass is 882 g/mol. The van der Waals surface area contributed by atoms with Crippen molar-refractivity contribution >= 4 is 23.2 Å². The summed E-state index contributed by atoms with van der Waals surface area (Å²) in [4.78, 5) is 44.1. The summed E-state index contributed by atoms with van der Waals surface area (Å²) in [5.74, 6) is -1.38. The van der Waals surface area contributed by atoms with Crippen LogP contribution >= 0.6 is 0 Å². The summed E-state index contributed by atoms with van der Waals surface area (Å²) in [6.07, 6.45) is 10.2. The van der Waals surface area contributed by atoms with Gasteiger partial charge in [-0.2, -0.15) is 0 Å². The number of fused-ring (bicyclic) bond motifs is 2. The zero-order valence-electron chi connectivity index (χ0n) is 36.3.